The molecule has 0 saturated carbocycles. The van der Waals surface area contributed by atoms with Crippen LogP contribution in [0.15, 0.2) is 0 Å². The molecule has 0 aliphatic heterocycles. The van der Waals surface area contributed by atoms with Crippen LogP contribution >= 0.6 is 22.6 Å². The van der Waals surface area contributed by atoms with Gasteiger partial charge in [-0.2, -0.15) is 0 Å². The van der Waals surface area contributed by atoms with E-state index in [1.807, 2.05) is 0 Å². The van der Waals surface area contributed by atoms with E-state index in [0.29, 0.717) is 0 Å². The van der Waals surface area contributed by atoms with Crippen LogP contribution in [0.25, 0.3) is 0 Å². The lowest BCUT2D eigenvalue weighted by molar-refractivity contribution is 0.145. The van der Waals surface area contributed by atoms with Crippen molar-refractivity contribution >= 4 is 22.6 Å². The highest BCUT2D eigenvalue weighted by Crippen LogP contribution is 2.19. The van der Waals surface area contributed by atoms with Crippen molar-refractivity contribution < 1.29 is 5.11 Å². The minimum atomic E-state index is -0.0848. The molecule has 2 unspecified atom stereocenters. The fourth-order valence-corrected chi connectivity index (χ4v) is 2.72. The molecular weight excluding hydrogens is 325 g/mol. The molecule has 104 valence electrons. The molecule has 0 rings (SSSR count). The highest BCUT2D eigenvalue weighted by Gasteiger charge is 2.09. The average molecular weight is 355 g/mol. The van der Waals surface area contributed by atoms with Crippen LogP contribution in [0.4, 0.5) is 0 Å². The Bertz CT molecular complexity index is 164. The molecule has 0 bridgehead atoms. The summed E-state index contributed by atoms with van der Waals surface area (Å²) in [6.45, 7) is 3.33. The number of nitrogens with zero attached hydrogens (tertiary/aromatic N) is 1. The fraction of sp³-hybridized carbons (Fsp3) is 1.00. The maximum atomic E-state index is 9.86. The fourth-order valence-electron chi connectivity index (χ4n) is 1.92. The lowest BCUT2D eigenvalue weighted by Crippen LogP contribution is -2.16. The van der Waals surface area contributed by atoms with Crippen LogP contribution in [0.5, 0.6) is 0 Å². The Morgan fingerprint density at radius 1 is 1.00 bits per heavy atom. The molecule has 0 aliphatic carbocycles. The van der Waals surface area contributed by atoms with E-state index in [1.54, 1.807) is 0 Å². The van der Waals surface area contributed by atoms with Gasteiger partial charge in [0.15, 0.2) is 0 Å². The third-order valence-corrected chi connectivity index (χ3v) is 4.32. The first-order chi connectivity index (χ1) is 8.06. The minimum Gasteiger partial charge on any atom is -0.393 e. The van der Waals surface area contributed by atoms with Gasteiger partial charge in [-0.3, -0.25) is 0 Å². The number of alkyl halides is 1. The van der Waals surface area contributed by atoms with Crippen LogP contribution in [-0.2, 0) is 0 Å². The molecule has 0 fully saturated rings. The molecule has 3 heteroatoms. The summed E-state index contributed by atoms with van der Waals surface area (Å²) in [5, 5.41) is 9.86. The highest BCUT2D eigenvalue weighted by atomic mass is 127. The van der Waals surface area contributed by atoms with Gasteiger partial charge in [0.1, 0.15) is 0 Å². The molecule has 0 amide bonds. The van der Waals surface area contributed by atoms with Gasteiger partial charge in [-0.1, -0.05) is 48.8 Å². The number of aliphatic hydroxyl groups excluding tert-OH is 1. The minimum absolute atomic E-state index is 0.0848. The Morgan fingerprint density at radius 3 is 2.29 bits per heavy atom. The zero-order chi connectivity index (χ0) is 13.1. The summed E-state index contributed by atoms with van der Waals surface area (Å²) >= 11 is 2.54. The zero-order valence-corrected chi connectivity index (χ0v) is 13.9. The van der Waals surface area contributed by atoms with Crippen LogP contribution in [0.1, 0.15) is 58.3 Å². The van der Waals surface area contributed by atoms with Gasteiger partial charge in [0.25, 0.3) is 0 Å². The quantitative estimate of drug-likeness (QED) is 0.346. The first-order valence-electron chi connectivity index (χ1n) is 7.03. The molecule has 0 aromatic heterocycles. The van der Waals surface area contributed by atoms with Gasteiger partial charge in [-0.25, -0.2) is 0 Å². The van der Waals surface area contributed by atoms with Crippen LogP contribution in [0.2, 0.25) is 0 Å². The van der Waals surface area contributed by atoms with Crippen LogP contribution in [-0.4, -0.2) is 40.7 Å². The van der Waals surface area contributed by atoms with Crippen molar-refractivity contribution in [3.8, 4) is 0 Å². The second-order valence-electron chi connectivity index (χ2n) is 5.27. The van der Waals surface area contributed by atoms with Gasteiger partial charge in [0, 0.05) is 3.92 Å². The molecular formula is C14H30INO. The van der Waals surface area contributed by atoms with Gasteiger partial charge < -0.3 is 10.0 Å². The monoisotopic (exact) mass is 355 g/mol. The molecule has 0 heterocycles. The highest BCUT2D eigenvalue weighted by molar-refractivity contribution is 14.1. The predicted octanol–water partition coefficient (Wildman–Crippen LogP) is 3.85. The van der Waals surface area contributed by atoms with Crippen molar-refractivity contribution in [2.45, 2.75) is 68.3 Å². The first-order valence-corrected chi connectivity index (χ1v) is 8.27. The third-order valence-electron chi connectivity index (χ3n) is 3.08. The Labute approximate surface area is 121 Å². The first kappa shape index (κ1) is 17.6. The molecule has 2 nitrogen and oxygen atoms in total. The molecule has 17 heavy (non-hydrogen) atoms. The number of halogens is 1. The summed E-state index contributed by atoms with van der Waals surface area (Å²) in [7, 11) is 4.17. The van der Waals surface area contributed by atoms with E-state index in [-0.39, 0.29) is 6.10 Å². The summed E-state index contributed by atoms with van der Waals surface area (Å²) in [6, 6.07) is 0. The zero-order valence-electron chi connectivity index (χ0n) is 11.8. The summed E-state index contributed by atoms with van der Waals surface area (Å²) in [5.74, 6) is 0. The van der Waals surface area contributed by atoms with E-state index in [1.165, 1.54) is 32.1 Å². The van der Waals surface area contributed by atoms with Gasteiger partial charge in [0.05, 0.1) is 6.10 Å². The summed E-state index contributed by atoms with van der Waals surface area (Å²) in [5.41, 5.74) is 0. The van der Waals surface area contributed by atoms with E-state index in [9.17, 15) is 5.11 Å². The van der Waals surface area contributed by atoms with Crippen LogP contribution in [0, 0.1) is 0 Å². The normalized spacial score (nSPS) is 15.2. The summed E-state index contributed by atoms with van der Waals surface area (Å²) in [4.78, 5) is 2.18. The molecule has 0 saturated heterocycles. The molecule has 2 atom stereocenters. The number of hydrogen-bond acceptors (Lipinski definition) is 2. The van der Waals surface area contributed by atoms with Crippen LogP contribution < -0.4 is 0 Å². The van der Waals surface area contributed by atoms with Crippen molar-refractivity contribution in [1.82, 2.24) is 4.90 Å². The van der Waals surface area contributed by atoms with Gasteiger partial charge >= 0.3 is 0 Å². The third kappa shape index (κ3) is 12.9. The Kier molecular flexibility index (Phi) is 12.2. The number of rotatable bonds is 11. The lowest BCUT2D eigenvalue weighted by Gasteiger charge is -2.15. The standard InChI is InChI=1S/C14H30INO/c1-4-5-6-8-13(15)10-11-14(17)9-7-12-16(2)3/h13-14,17H,4-12H2,1-3H3. The Morgan fingerprint density at radius 2 is 1.71 bits per heavy atom. The van der Waals surface area contributed by atoms with Crippen molar-refractivity contribution in [2.24, 2.45) is 0 Å². The molecule has 0 aromatic carbocycles. The molecule has 0 aliphatic rings. The molecule has 0 spiro atoms. The summed E-state index contributed by atoms with van der Waals surface area (Å²) < 4.78 is 0.752. The number of hydrogen-bond donors (Lipinski definition) is 1. The molecule has 0 radical (unpaired) electrons. The maximum absolute atomic E-state index is 9.86. The Balaban J connectivity index is 3.38. The Hall–Kier alpha value is 0.650. The predicted molar refractivity (Wildman–Crippen MR) is 85.0 cm³/mol. The maximum Gasteiger partial charge on any atom is 0.0541 e. The SMILES string of the molecule is CCCCCC(I)CCC(O)CCCN(C)C. The van der Waals surface area contributed by atoms with Crippen molar-refractivity contribution in [3.63, 3.8) is 0 Å². The molecule has 0 aromatic rings. The second-order valence-corrected chi connectivity index (χ2v) is 7.03. The molecule has 1 N–H and O–H groups in total. The largest absolute Gasteiger partial charge is 0.393 e. The van der Waals surface area contributed by atoms with Crippen LogP contribution in [0.3, 0.4) is 0 Å². The summed E-state index contributed by atoms with van der Waals surface area (Å²) in [6.07, 6.45) is 9.45. The smallest absolute Gasteiger partial charge is 0.0541 e. The lowest BCUT2D eigenvalue weighted by atomic mass is 10.0. The van der Waals surface area contributed by atoms with E-state index in [2.05, 4.69) is 48.5 Å². The van der Waals surface area contributed by atoms with Gasteiger partial charge in [-0.05, 0) is 52.7 Å². The average Bonchev–Trinajstić information content (AvgIpc) is 2.26. The van der Waals surface area contributed by atoms with Crippen molar-refractivity contribution in [1.29, 1.82) is 0 Å². The van der Waals surface area contributed by atoms with E-state index in [0.717, 1.165) is 29.7 Å². The topological polar surface area (TPSA) is 23.5 Å². The number of unbranched alkanes of at least 4 members (excludes halogenated alkanes) is 2. The van der Waals surface area contributed by atoms with E-state index < -0.39 is 0 Å². The van der Waals surface area contributed by atoms with E-state index in [4.69, 9.17) is 0 Å². The van der Waals surface area contributed by atoms with Crippen molar-refractivity contribution in [2.75, 3.05) is 20.6 Å². The second kappa shape index (κ2) is 11.7. The van der Waals surface area contributed by atoms with Gasteiger partial charge in [0.2, 0.25) is 0 Å². The van der Waals surface area contributed by atoms with Gasteiger partial charge in [-0.15, -0.1) is 0 Å². The van der Waals surface area contributed by atoms with Crippen molar-refractivity contribution in [3.05, 3.63) is 0 Å². The number of aliphatic hydroxyl groups is 1. The van der Waals surface area contributed by atoms with E-state index >= 15 is 0 Å².